The SMILES string of the molecule is Clc1cc(N2CCOCC2)c2c(cnn2C2CC2)c1. The molecule has 1 saturated carbocycles. The van der Waals surface area contributed by atoms with Crippen LogP contribution in [-0.4, -0.2) is 36.1 Å². The Bertz CT molecular complexity index is 614. The van der Waals surface area contributed by atoms with Crippen LogP contribution in [0.5, 0.6) is 0 Å². The number of aromatic nitrogens is 2. The average Bonchev–Trinajstić information content (AvgIpc) is 3.19. The number of rotatable bonds is 2. The van der Waals surface area contributed by atoms with Crippen molar-refractivity contribution >= 4 is 28.2 Å². The minimum Gasteiger partial charge on any atom is -0.378 e. The summed E-state index contributed by atoms with van der Waals surface area (Å²) in [6, 6.07) is 4.65. The van der Waals surface area contributed by atoms with Crippen molar-refractivity contribution in [2.45, 2.75) is 18.9 Å². The van der Waals surface area contributed by atoms with E-state index in [2.05, 4.69) is 20.7 Å². The second-order valence-corrected chi connectivity index (χ2v) is 5.72. The van der Waals surface area contributed by atoms with Gasteiger partial charge < -0.3 is 9.64 Å². The van der Waals surface area contributed by atoms with E-state index in [0.29, 0.717) is 6.04 Å². The molecule has 0 amide bonds. The highest BCUT2D eigenvalue weighted by atomic mass is 35.5. The first-order valence-electron chi connectivity index (χ1n) is 6.82. The van der Waals surface area contributed by atoms with Crippen LogP contribution in [0.15, 0.2) is 18.3 Å². The highest BCUT2D eigenvalue weighted by Gasteiger charge is 2.28. The van der Waals surface area contributed by atoms with Gasteiger partial charge >= 0.3 is 0 Å². The lowest BCUT2D eigenvalue weighted by molar-refractivity contribution is 0.123. The van der Waals surface area contributed by atoms with Crippen LogP contribution in [0.2, 0.25) is 5.02 Å². The standard InChI is InChI=1S/C14H16ClN3O/c15-11-7-10-9-16-18(12-1-2-12)14(10)13(8-11)17-3-5-19-6-4-17/h7-9,12H,1-6H2. The summed E-state index contributed by atoms with van der Waals surface area (Å²) in [6.45, 7) is 3.41. The molecule has 0 radical (unpaired) electrons. The van der Waals surface area contributed by atoms with Gasteiger partial charge in [-0.3, -0.25) is 4.68 Å². The van der Waals surface area contributed by atoms with Gasteiger partial charge in [-0.1, -0.05) is 11.6 Å². The average molecular weight is 278 g/mol. The molecule has 0 bridgehead atoms. The summed E-state index contributed by atoms with van der Waals surface area (Å²) < 4.78 is 7.61. The van der Waals surface area contributed by atoms with Crippen molar-refractivity contribution in [3.63, 3.8) is 0 Å². The van der Waals surface area contributed by atoms with Gasteiger partial charge in [0.05, 0.1) is 36.7 Å². The van der Waals surface area contributed by atoms with Crippen LogP contribution >= 0.6 is 11.6 Å². The maximum Gasteiger partial charge on any atom is 0.0920 e. The number of benzene rings is 1. The number of nitrogens with zero attached hydrogens (tertiary/aromatic N) is 3. The fraction of sp³-hybridized carbons (Fsp3) is 0.500. The molecule has 4 nitrogen and oxygen atoms in total. The third-order valence-corrected chi connectivity index (χ3v) is 4.10. The molecule has 0 spiro atoms. The second-order valence-electron chi connectivity index (χ2n) is 5.28. The molecule has 5 heteroatoms. The van der Waals surface area contributed by atoms with Gasteiger partial charge in [-0.05, 0) is 25.0 Å². The van der Waals surface area contributed by atoms with E-state index in [1.807, 2.05) is 12.3 Å². The molecule has 2 aliphatic rings. The van der Waals surface area contributed by atoms with Gasteiger partial charge in [-0.25, -0.2) is 0 Å². The highest BCUT2D eigenvalue weighted by Crippen LogP contribution is 2.40. The Labute approximate surface area is 116 Å². The van der Waals surface area contributed by atoms with E-state index in [9.17, 15) is 0 Å². The molecule has 100 valence electrons. The summed E-state index contributed by atoms with van der Waals surface area (Å²) >= 11 is 6.25. The molecule has 0 atom stereocenters. The van der Waals surface area contributed by atoms with Crippen molar-refractivity contribution in [3.05, 3.63) is 23.4 Å². The van der Waals surface area contributed by atoms with Crippen molar-refractivity contribution in [1.29, 1.82) is 0 Å². The molecular weight excluding hydrogens is 262 g/mol. The van der Waals surface area contributed by atoms with E-state index < -0.39 is 0 Å². The Morgan fingerprint density at radius 3 is 2.74 bits per heavy atom. The molecule has 1 aromatic heterocycles. The van der Waals surface area contributed by atoms with Crippen LogP contribution in [0.1, 0.15) is 18.9 Å². The van der Waals surface area contributed by atoms with Gasteiger partial charge in [-0.2, -0.15) is 5.10 Å². The summed E-state index contributed by atoms with van der Waals surface area (Å²) in [4.78, 5) is 2.36. The normalized spacial score (nSPS) is 20.2. The number of halogens is 1. The molecular formula is C14H16ClN3O. The monoisotopic (exact) mass is 277 g/mol. The number of hydrogen-bond donors (Lipinski definition) is 0. The molecule has 19 heavy (non-hydrogen) atoms. The predicted molar refractivity (Wildman–Crippen MR) is 76.0 cm³/mol. The minimum absolute atomic E-state index is 0.582. The maximum atomic E-state index is 6.25. The molecule has 4 rings (SSSR count). The Morgan fingerprint density at radius 2 is 2.00 bits per heavy atom. The highest BCUT2D eigenvalue weighted by molar-refractivity contribution is 6.31. The molecule has 1 aliphatic heterocycles. The van der Waals surface area contributed by atoms with E-state index in [0.717, 1.165) is 36.7 Å². The number of ether oxygens (including phenoxy) is 1. The van der Waals surface area contributed by atoms with Crippen molar-refractivity contribution in [2.75, 3.05) is 31.2 Å². The van der Waals surface area contributed by atoms with Crippen LogP contribution in [-0.2, 0) is 4.74 Å². The molecule has 1 saturated heterocycles. The first-order valence-corrected chi connectivity index (χ1v) is 7.20. The second kappa shape index (κ2) is 4.39. The van der Waals surface area contributed by atoms with Crippen molar-refractivity contribution in [2.24, 2.45) is 0 Å². The van der Waals surface area contributed by atoms with E-state index in [-0.39, 0.29) is 0 Å². The minimum atomic E-state index is 0.582. The molecule has 1 aliphatic carbocycles. The fourth-order valence-corrected chi connectivity index (χ4v) is 3.00. The van der Waals surface area contributed by atoms with Gasteiger partial charge in [0.25, 0.3) is 0 Å². The Hall–Kier alpha value is -1.26. The first-order chi connectivity index (χ1) is 9.33. The smallest absolute Gasteiger partial charge is 0.0920 e. The first kappa shape index (κ1) is 11.6. The third-order valence-electron chi connectivity index (χ3n) is 3.88. The Kier molecular flexibility index (Phi) is 2.67. The molecule has 2 fully saturated rings. The van der Waals surface area contributed by atoms with Gasteiger partial charge in [-0.15, -0.1) is 0 Å². The van der Waals surface area contributed by atoms with Crippen molar-refractivity contribution < 1.29 is 4.74 Å². The van der Waals surface area contributed by atoms with Gasteiger partial charge in [0.2, 0.25) is 0 Å². The lowest BCUT2D eigenvalue weighted by atomic mass is 10.2. The maximum absolute atomic E-state index is 6.25. The zero-order valence-electron chi connectivity index (χ0n) is 10.7. The lowest BCUT2D eigenvalue weighted by Gasteiger charge is -2.29. The molecule has 0 N–H and O–H groups in total. The largest absolute Gasteiger partial charge is 0.378 e. The lowest BCUT2D eigenvalue weighted by Crippen LogP contribution is -2.36. The van der Waals surface area contributed by atoms with Crippen LogP contribution in [0.4, 0.5) is 5.69 Å². The van der Waals surface area contributed by atoms with E-state index in [1.165, 1.54) is 24.0 Å². The summed E-state index contributed by atoms with van der Waals surface area (Å²) in [6.07, 6.45) is 4.41. The third kappa shape index (κ3) is 1.99. The Balaban J connectivity index is 1.88. The zero-order chi connectivity index (χ0) is 12.8. The number of anilines is 1. The molecule has 0 unspecified atom stereocenters. The Morgan fingerprint density at radius 1 is 1.21 bits per heavy atom. The van der Waals surface area contributed by atoms with E-state index in [4.69, 9.17) is 16.3 Å². The van der Waals surface area contributed by atoms with Crippen LogP contribution < -0.4 is 4.90 Å². The summed E-state index contributed by atoms with van der Waals surface area (Å²) in [5, 5.41) is 6.48. The number of hydrogen-bond acceptors (Lipinski definition) is 3. The van der Waals surface area contributed by atoms with E-state index in [1.54, 1.807) is 0 Å². The van der Waals surface area contributed by atoms with Crippen LogP contribution in [0, 0.1) is 0 Å². The van der Waals surface area contributed by atoms with Gasteiger partial charge in [0, 0.05) is 23.5 Å². The van der Waals surface area contributed by atoms with Gasteiger partial charge in [0.1, 0.15) is 0 Å². The van der Waals surface area contributed by atoms with Crippen LogP contribution in [0.3, 0.4) is 0 Å². The van der Waals surface area contributed by atoms with E-state index >= 15 is 0 Å². The van der Waals surface area contributed by atoms with Crippen molar-refractivity contribution in [3.8, 4) is 0 Å². The molecule has 2 heterocycles. The topological polar surface area (TPSA) is 30.3 Å². The van der Waals surface area contributed by atoms with Crippen molar-refractivity contribution in [1.82, 2.24) is 9.78 Å². The fourth-order valence-electron chi connectivity index (χ4n) is 2.78. The van der Waals surface area contributed by atoms with Crippen LogP contribution in [0.25, 0.3) is 10.9 Å². The number of fused-ring (bicyclic) bond motifs is 1. The summed E-state index contributed by atoms with van der Waals surface area (Å²) in [7, 11) is 0. The predicted octanol–water partition coefficient (Wildman–Crippen LogP) is 2.86. The quantitative estimate of drug-likeness (QED) is 0.846. The number of morpholine rings is 1. The summed E-state index contributed by atoms with van der Waals surface area (Å²) in [5.41, 5.74) is 2.43. The molecule has 1 aromatic carbocycles. The van der Waals surface area contributed by atoms with Gasteiger partial charge in [0.15, 0.2) is 0 Å². The summed E-state index contributed by atoms with van der Waals surface area (Å²) in [5.74, 6) is 0. The zero-order valence-corrected chi connectivity index (χ0v) is 11.4. The molecule has 2 aromatic rings.